The average Bonchev–Trinajstić information content (AvgIpc) is 2.87. The molecular weight excluding hydrogens is 254 g/mol. The van der Waals surface area contributed by atoms with E-state index in [0.717, 1.165) is 13.1 Å². The molecule has 5 nitrogen and oxygen atoms in total. The zero-order valence-corrected chi connectivity index (χ0v) is 11.5. The van der Waals surface area contributed by atoms with Crippen LogP contribution in [0.4, 0.5) is 0 Å². The molecule has 0 aliphatic heterocycles. The maximum atomic E-state index is 12.4. The van der Waals surface area contributed by atoms with Gasteiger partial charge in [-0.25, -0.2) is 0 Å². The van der Waals surface area contributed by atoms with Crippen LogP contribution < -0.4 is 0 Å². The van der Waals surface area contributed by atoms with E-state index < -0.39 is 0 Å². The molecule has 0 N–H and O–H groups in total. The molecule has 3 rings (SSSR count). The van der Waals surface area contributed by atoms with E-state index in [4.69, 9.17) is 0 Å². The predicted molar refractivity (Wildman–Crippen MR) is 74.1 cm³/mol. The highest BCUT2D eigenvalue weighted by Crippen LogP contribution is 2.27. The molecule has 0 saturated heterocycles. The van der Waals surface area contributed by atoms with Crippen molar-refractivity contribution in [2.45, 2.75) is 6.54 Å². The Hall–Kier alpha value is -2.27. The summed E-state index contributed by atoms with van der Waals surface area (Å²) in [6.07, 6.45) is 6.53. The van der Waals surface area contributed by atoms with Crippen molar-refractivity contribution in [1.29, 1.82) is 0 Å². The van der Waals surface area contributed by atoms with Gasteiger partial charge in [0.15, 0.2) is 11.6 Å². The number of pyridine rings is 1. The van der Waals surface area contributed by atoms with Crippen LogP contribution in [0.1, 0.15) is 31.8 Å². The van der Waals surface area contributed by atoms with E-state index in [1.54, 1.807) is 18.5 Å². The summed E-state index contributed by atoms with van der Waals surface area (Å²) in [6.45, 7) is 1.60. The van der Waals surface area contributed by atoms with Crippen molar-refractivity contribution in [2.24, 2.45) is 0 Å². The average molecular weight is 269 g/mol. The molecule has 1 aliphatic carbocycles. The molecular formula is C15H15N3O2. The predicted octanol–water partition coefficient (Wildman–Crippen LogP) is 1.22. The van der Waals surface area contributed by atoms with Crippen LogP contribution in [0.25, 0.3) is 0 Å². The summed E-state index contributed by atoms with van der Waals surface area (Å²) < 4.78 is 1.90. The number of aromatic nitrogens is 2. The Balaban J connectivity index is 2.01. The fraction of sp³-hybridized carbons (Fsp3) is 0.267. The quantitative estimate of drug-likeness (QED) is 0.717. The van der Waals surface area contributed by atoms with Gasteiger partial charge < -0.3 is 9.47 Å². The number of hydrogen-bond acceptors (Lipinski definition) is 4. The van der Waals surface area contributed by atoms with Gasteiger partial charge in [-0.3, -0.25) is 14.6 Å². The second-order valence-electron chi connectivity index (χ2n) is 5.21. The normalized spacial score (nSPS) is 13.6. The van der Waals surface area contributed by atoms with Gasteiger partial charge in [0.2, 0.25) is 0 Å². The number of nitrogens with zero attached hydrogens (tertiary/aromatic N) is 3. The first-order valence-corrected chi connectivity index (χ1v) is 6.46. The smallest absolute Gasteiger partial charge is 0.197 e. The topological polar surface area (TPSA) is 55.2 Å². The van der Waals surface area contributed by atoms with E-state index in [1.165, 1.54) is 12.4 Å². The van der Waals surface area contributed by atoms with Crippen molar-refractivity contribution in [3.63, 3.8) is 0 Å². The summed E-state index contributed by atoms with van der Waals surface area (Å²) in [5.74, 6) is -0.216. The van der Waals surface area contributed by atoms with Crippen molar-refractivity contribution >= 4 is 11.6 Å². The molecule has 0 aromatic carbocycles. The maximum Gasteiger partial charge on any atom is 0.197 e. The van der Waals surface area contributed by atoms with Crippen LogP contribution in [0.15, 0.2) is 30.9 Å². The van der Waals surface area contributed by atoms with Gasteiger partial charge in [0.25, 0.3) is 0 Å². The molecule has 0 unspecified atom stereocenters. The largest absolute Gasteiger partial charge is 0.351 e. The molecule has 1 aliphatic rings. The third-order valence-electron chi connectivity index (χ3n) is 3.49. The fourth-order valence-electron chi connectivity index (χ4n) is 2.38. The molecule has 20 heavy (non-hydrogen) atoms. The standard InChI is InChI=1S/C15H15N3O2/c1-17(2)5-6-18-8-12-13(9-18)15(20)11-7-16-4-3-10(11)14(12)19/h3-4,7-9H,5-6H2,1-2H3. The lowest BCUT2D eigenvalue weighted by molar-refractivity contribution is 0.0979. The summed E-state index contributed by atoms with van der Waals surface area (Å²) in [4.78, 5) is 30.8. The minimum absolute atomic E-state index is 0.0967. The van der Waals surface area contributed by atoms with Crippen molar-refractivity contribution in [3.8, 4) is 0 Å². The van der Waals surface area contributed by atoms with E-state index in [-0.39, 0.29) is 11.6 Å². The summed E-state index contributed by atoms with van der Waals surface area (Å²) in [7, 11) is 3.97. The monoisotopic (exact) mass is 269 g/mol. The van der Waals surface area contributed by atoms with Crippen molar-refractivity contribution < 1.29 is 9.59 Å². The van der Waals surface area contributed by atoms with Gasteiger partial charge in [-0.2, -0.15) is 0 Å². The van der Waals surface area contributed by atoms with Crippen LogP contribution in [0.5, 0.6) is 0 Å². The van der Waals surface area contributed by atoms with E-state index in [2.05, 4.69) is 9.88 Å². The van der Waals surface area contributed by atoms with Gasteiger partial charge >= 0.3 is 0 Å². The number of likely N-dealkylation sites (N-methyl/N-ethyl adjacent to an activating group) is 1. The zero-order chi connectivity index (χ0) is 14.3. The molecule has 0 radical (unpaired) electrons. The fourth-order valence-corrected chi connectivity index (χ4v) is 2.38. The van der Waals surface area contributed by atoms with Gasteiger partial charge in [-0.15, -0.1) is 0 Å². The van der Waals surface area contributed by atoms with Crippen LogP contribution in [-0.4, -0.2) is 46.7 Å². The minimum Gasteiger partial charge on any atom is -0.351 e. The second kappa shape index (κ2) is 4.68. The Labute approximate surface area is 116 Å². The molecule has 2 aromatic rings. The highest BCUT2D eigenvalue weighted by molar-refractivity contribution is 6.28. The van der Waals surface area contributed by atoms with Crippen LogP contribution in [0.2, 0.25) is 0 Å². The van der Waals surface area contributed by atoms with E-state index >= 15 is 0 Å². The Kier molecular flexibility index (Phi) is 2.99. The summed E-state index contributed by atoms with van der Waals surface area (Å²) >= 11 is 0. The summed E-state index contributed by atoms with van der Waals surface area (Å²) in [6, 6.07) is 1.61. The number of rotatable bonds is 3. The summed E-state index contributed by atoms with van der Waals surface area (Å²) in [5, 5.41) is 0. The summed E-state index contributed by atoms with van der Waals surface area (Å²) in [5.41, 5.74) is 1.82. The second-order valence-corrected chi connectivity index (χ2v) is 5.21. The number of fused-ring (bicyclic) bond motifs is 2. The van der Waals surface area contributed by atoms with Gasteiger partial charge in [0.1, 0.15) is 0 Å². The third-order valence-corrected chi connectivity index (χ3v) is 3.49. The highest BCUT2D eigenvalue weighted by atomic mass is 16.1. The molecule has 2 aromatic heterocycles. The SMILES string of the molecule is CN(C)CCn1cc2c(c1)C(=O)c1cnccc1C2=O. The van der Waals surface area contributed by atoms with Gasteiger partial charge in [-0.05, 0) is 20.2 Å². The Bertz CT molecular complexity index is 648. The number of hydrogen-bond donors (Lipinski definition) is 0. The van der Waals surface area contributed by atoms with E-state index in [1.807, 2.05) is 18.7 Å². The lowest BCUT2D eigenvalue weighted by Crippen LogP contribution is -2.19. The molecule has 2 heterocycles. The molecule has 0 fully saturated rings. The van der Waals surface area contributed by atoms with Crippen molar-refractivity contribution in [2.75, 3.05) is 20.6 Å². The zero-order valence-electron chi connectivity index (χ0n) is 11.5. The minimum atomic E-state index is -0.119. The third kappa shape index (κ3) is 1.96. The van der Waals surface area contributed by atoms with Crippen LogP contribution in [0.3, 0.4) is 0 Å². The lowest BCUT2D eigenvalue weighted by atomic mass is 9.88. The molecule has 5 heteroatoms. The Morgan fingerprint density at radius 3 is 2.35 bits per heavy atom. The van der Waals surface area contributed by atoms with Crippen molar-refractivity contribution in [1.82, 2.24) is 14.5 Å². The first-order valence-electron chi connectivity index (χ1n) is 6.46. The van der Waals surface area contributed by atoms with Gasteiger partial charge in [0.05, 0.1) is 16.7 Å². The van der Waals surface area contributed by atoms with E-state index in [9.17, 15) is 9.59 Å². The number of carbonyl (C=O) groups is 2. The number of carbonyl (C=O) groups excluding carboxylic acids is 2. The first kappa shape index (κ1) is 12.7. The number of ketones is 2. The Morgan fingerprint density at radius 1 is 1.05 bits per heavy atom. The van der Waals surface area contributed by atoms with Crippen LogP contribution in [0, 0.1) is 0 Å². The van der Waals surface area contributed by atoms with Gasteiger partial charge in [-0.1, -0.05) is 0 Å². The van der Waals surface area contributed by atoms with Crippen LogP contribution in [-0.2, 0) is 6.54 Å². The molecule has 0 atom stereocenters. The highest BCUT2D eigenvalue weighted by Gasteiger charge is 2.31. The van der Waals surface area contributed by atoms with Gasteiger partial charge in [0, 0.05) is 43.4 Å². The first-order chi connectivity index (χ1) is 9.58. The lowest BCUT2D eigenvalue weighted by Gasteiger charge is -2.12. The van der Waals surface area contributed by atoms with E-state index in [0.29, 0.717) is 22.3 Å². The Morgan fingerprint density at radius 2 is 1.70 bits per heavy atom. The molecule has 0 bridgehead atoms. The van der Waals surface area contributed by atoms with Crippen LogP contribution >= 0.6 is 0 Å². The molecule has 0 amide bonds. The molecule has 0 spiro atoms. The maximum absolute atomic E-state index is 12.4. The van der Waals surface area contributed by atoms with Crippen molar-refractivity contribution in [3.05, 3.63) is 53.1 Å². The molecule has 0 saturated carbocycles. The molecule has 102 valence electrons.